The number of Topliss-reactive ketones (excluding diaryl/α,β-unsaturated/α-hetero) is 1. The van der Waals surface area contributed by atoms with Gasteiger partial charge in [-0.1, -0.05) is 40.0 Å². The minimum absolute atomic E-state index is 0.00470. The van der Waals surface area contributed by atoms with Gasteiger partial charge in [0.05, 0.1) is 6.54 Å². The van der Waals surface area contributed by atoms with E-state index < -0.39 is 0 Å². The smallest absolute Gasteiger partial charge is 0.223 e. The standard InChI is InChI=1S/C16H29NO2/c1-4-5-6-13-7-9-14(10-8-13)16(19)17-11-15(18)12(2)3/h12-14H,4-11H2,1-3H3,(H,17,19). The Morgan fingerprint density at radius 2 is 1.79 bits per heavy atom. The van der Waals surface area contributed by atoms with E-state index in [1.807, 2.05) is 13.8 Å². The maximum atomic E-state index is 12.0. The van der Waals surface area contributed by atoms with Crippen molar-refractivity contribution < 1.29 is 9.59 Å². The Bertz CT molecular complexity index is 291. The Morgan fingerprint density at radius 1 is 1.16 bits per heavy atom. The van der Waals surface area contributed by atoms with E-state index in [0.717, 1.165) is 18.8 Å². The molecular formula is C16H29NO2. The van der Waals surface area contributed by atoms with Crippen molar-refractivity contribution in [1.82, 2.24) is 5.32 Å². The first-order valence-corrected chi connectivity index (χ1v) is 7.85. The molecule has 3 heteroatoms. The highest BCUT2D eigenvalue weighted by molar-refractivity contribution is 5.87. The van der Waals surface area contributed by atoms with Gasteiger partial charge in [0.15, 0.2) is 5.78 Å². The molecule has 1 saturated carbocycles. The SMILES string of the molecule is CCCCC1CCC(C(=O)NCC(=O)C(C)C)CC1. The predicted octanol–water partition coefficient (Wildman–Crippen LogP) is 3.32. The van der Waals surface area contributed by atoms with Gasteiger partial charge in [0.25, 0.3) is 0 Å². The summed E-state index contributed by atoms with van der Waals surface area (Å²) in [5.74, 6) is 1.16. The van der Waals surface area contributed by atoms with E-state index in [4.69, 9.17) is 0 Å². The van der Waals surface area contributed by atoms with E-state index in [1.54, 1.807) is 0 Å². The molecule has 1 rings (SSSR count). The normalized spacial score (nSPS) is 23.4. The zero-order valence-corrected chi connectivity index (χ0v) is 12.7. The van der Waals surface area contributed by atoms with Crippen LogP contribution in [0.3, 0.4) is 0 Å². The van der Waals surface area contributed by atoms with Gasteiger partial charge in [-0.05, 0) is 31.6 Å². The van der Waals surface area contributed by atoms with Gasteiger partial charge >= 0.3 is 0 Å². The number of carbonyl (C=O) groups excluding carboxylic acids is 2. The van der Waals surface area contributed by atoms with Gasteiger partial charge < -0.3 is 5.32 Å². The molecule has 0 aromatic rings. The average Bonchev–Trinajstić information content (AvgIpc) is 2.42. The molecule has 3 nitrogen and oxygen atoms in total. The minimum atomic E-state index is 0.00470. The van der Waals surface area contributed by atoms with Gasteiger partial charge in [0, 0.05) is 11.8 Å². The summed E-state index contributed by atoms with van der Waals surface area (Å²) in [7, 11) is 0. The van der Waals surface area contributed by atoms with Gasteiger partial charge in [-0.15, -0.1) is 0 Å². The molecule has 0 unspecified atom stereocenters. The Hall–Kier alpha value is -0.860. The topological polar surface area (TPSA) is 46.2 Å². The summed E-state index contributed by atoms with van der Waals surface area (Å²) >= 11 is 0. The number of unbranched alkanes of at least 4 members (excludes halogenated alkanes) is 1. The van der Waals surface area contributed by atoms with Crippen molar-refractivity contribution in [2.24, 2.45) is 17.8 Å². The summed E-state index contributed by atoms with van der Waals surface area (Å²) in [4.78, 5) is 23.5. The molecule has 0 aliphatic heterocycles. The van der Waals surface area contributed by atoms with Crippen molar-refractivity contribution in [3.8, 4) is 0 Å². The predicted molar refractivity (Wildman–Crippen MR) is 77.8 cm³/mol. The average molecular weight is 267 g/mol. The van der Waals surface area contributed by atoms with Crippen LogP contribution in [0.15, 0.2) is 0 Å². The Labute approximate surface area is 117 Å². The fourth-order valence-corrected chi connectivity index (χ4v) is 2.73. The van der Waals surface area contributed by atoms with Crippen LogP contribution in [0.4, 0.5) is 0 Å². The van der Waals surface area contributed by atoms with Crippen molar-refractivity contribution in [2.45, 2.75) is 65.7 Å². The number of rotatable bonds is 7. The lowest BCUT2D eigenvalue weighted by Crippen LogP contribution is -2.37. The van der Waals surface area contributed by atoms with E-state index >= 15 is 0 Å². The van der Waals surface area contributed by atoms with Gasteiger partial charge in [-0.2, -0.15) is 0 Å². The van der Waals surface area contributed by atoms with E-state index in [2.05, 4.69) is 12.2 Å². The third-order valence-corrected chi connectivity index (χ3v) is 4.26. The van der Waals surface area contributed by atoms with Gasteiger partial charge in [0.1, 0.15) is 0 Å². The van der Waals surface area contributed by atoms with Crippen LogP contribution >= 0.6 is 0 Å². The summed E-state index contributed by atoms with van der Waals surface area (Å²) in [5.41, 5.74) is 0. The monoisotopic (exact) mass is 267 g/mol. The van der Waals surface area contributed by atoms with Crippen molar-refractivity contribution in [3.63, 3.8) is 0 Å². The summed E-state index contributed by atoms with van der Waals surface area (Å²) in [6.07, 6.45) is 8.23. The molecule has 110 valence electrons. The zero-order valence-electron chi connectivity index (χ0n) is 12.7. The molecule has 0 aromatic carbocycles. The molecule has 1 fully saturated rings. The summed E-state index contributed by atoms with van der Waals surface area (Å²) in [5, 5.41) is 2.80. The second-order valence-corrected chi connectivity index (χ2v) is 6.20. The lowest BCUT2D eigenvalue weighted by molar-refractivity contribution is -0.129. The molecule has 19 heavy (non-hydrogen) atoms. The highest BCUT2D eigenvalue weighted by Crippen LogP contribution is 2.31. The fourth-order valence-electron chi connectivity index (χ4n) is 2.73. The molecule has 0 spiro atoms. The van der Waals surface area contributed by atoms with Gasteiger partial charge in [-0.3, -0.25) is 9.59 Å². The summed E-state index contributed by atoms with van der Waals surface area (Å²) < 4.78 is 0. The number of nitrogens with one attached hydrogen (secondary N) is 1. The highest BCUT2D eigenvalue weighted by Gasteiger charge is 2.26. The maximum Gasteiger partial charge on any atom is 0.223 e. The molecule has 1 aliphatic rings. The second kappa shape index (κ2) is 8.34. The third-order valence-electron chi connectivity index (χ3n) is 4.26. The molecule has 0 atom stereocenters. The second-order valence-electron chi connectivity index (χ2n) is 6.20. The van der Waals surface area contributed by atoms with Crippen LogP contribution in [0, 0.1) is 17.8 Å². The van der Waals surface area contributed by atoms with Crippen molar-refractivity contribution in [1.29, 1.82) is 0 Å². The Kier molecular flexibility index (Phi) is 7.11. The third kappa shape index (κ3) is 5.75. The largest absolute Gasteiger partial charge is 0.349 e. The lowest BCUT2D eigenvalue weighted by atomic mass is 9.79. The van der Waals surface area contributed by atoms with Crippen LogP contribution in [0.5, 0.6) is 0 Å². The number of amides is 1. The molecule has 0 aromatic heterocycles. The van der Waals surface area contributed by atoms with Crippen LogP contribution in [0.2, 0.25) is 0 Å². The molecular weight excluding hydrogens is 238 g/mol. The fraction of sp³-hybridized carbons (Fsp3) is 0.875. The van der Waals surface area contributed by atoms with E-state index in [1.165, 1.54) is 32.1 Å². The van der Waals surface area contributed by atoms with E-state index in [-0.39, 0.29) is 30.1 Å². The minimum Gasteiger partial charge on any atom is -0.349 e. The first kappa shape index (κ1) is 16.2. The Morgan fingerprint density at radius 3 is 2.32 bits per heavy atom. The van der Waals surface area contributed by atoms with Crippen molar-refractivity contribution in [2.75, 3.05) is 6.54 Å². The molecule has 0 bridgehead atoms. The molecule has 1 amide bonds. The molecule has 0 radical (unpaired) electrons. The summed E-state index contributed by atoms with van der Waals surface area (Å²) in [6.45, 7) is 6.16. The van der Waals surface area contributed by atoms with E-state index in [0.29, 0.717) is 0 Å². The van der Waals surface area contributed by atoms with Crippen LogP contribution in [0.1, 0.15) is 65.7 Å². The first-order chi connectivity index (χ1) is 9.04. The first-order valence-electron chi connectivity index (χ1n) is 7.85. The van der Waals surface area contributed by atoms with Crippen molar-refractivity contribution >= 4 is 11.7 Å². The van der Waals surface area contributed by atoms with E-state index in [9.17, 15) is 9.59 Å². The zero-order chi connectivity index (χ0) is 14.3. The highest BCUT2D eigenvalue weighted by atomic mass is 16.2. The molecule has 1 aliphatic carbocycles. The summed E-state index contributed by atoms with van der Waals surface area (Å²) in [6, 6.07) is 0. The Balaban J connectivity index is 2.23. The lowest BCUT2D eigenvalue weighted by Gasteiger charge is -2.27. The molecule has 0 heterocycles. The number of hydrogen-bond acceptors (Lipinski definition) is 2. The van der Waals surface area contributed by atoms with Crippen LogP contribution in [-0.4, -0.2) is 18.2 Å². The number of hydrogen-bond donors (Lipinski definition) is 1. The maximum absolute atomic E-state index is 12.0. The van der Waals surface area contributed by atoms with Crippen LogP contribution in [-0.2, 0) is 9.59 Å². The van der Waals surface area contributed by atoms with Gasteiger partial charge in [-0.25, -0.2) is 0 Å². The molecule has 0 saturated heterocycles. The van der Waals surface area contributed by atoms with Crippen LogP contribution in [0.25, 0.3) is 0 Å². The number of carbonyl (C=O) groups is 2. The van der Waals surface area contributed by atoms with Crippen LogP contribution < -0.4 is 5.32 Å². The van der Waals surface area contributed by atoms with Gasteiger partial charge in [0.2, 0.25) is 5.91 Å². The van der Waals surface area contributed by atoms with Crippen molar-refractivity contribution in [3.05, 3.63) is 0 Å². The number of ketones is 1. The quantitative estimate of drug-likeness (QED) is 0.769. The molecule has 1 N–H and O–H groups in total.